The van der Waals surface area contributed by atoms with Crippen LogP contribution in [0.25, 0.3) is 5.78 Å². The molecule has 166 valence electrons. The van der Waals surface area contributed by atoms with E-state index in [0.29, 0.717) is 27.2 Å². The van der Waals surface area contributed by atoms with Crippen LogP contribution in [0, 0.1) is 13.8 Å². The number of esters is 1. The van der Waals surface area contributed by atoms with Gasteiger partial charge >= 0.3 is 12.0 Å². The third-order valence-electron chi connectivity index (χ3n) is 4.80. The summed E-state index contributed by atoms with van der Waals surface area (Å²) >= 11 is 7.30. The van der Waals surface area contributed by atoms with Crippen molar-refractivity contribution in [1.82, 2.24) is 30.2 Å². The molecular weight excluding hydrogens is 452 g/mol. The number of ether oxygens (including phenoxy) is 1. The van der Waals surface area contributed by atoms with Crippen LogP contribution in [-0.2, 0) is 9.53 Å². The molecule has 1 aromatic carbocycles. The van der Waals surface area contributed by atoms with Crippen molar-refractivity contribution in [1.29, 1.82) is 0 Å². The van der Waals surface area contributed by atoms with E-state index in [4.69, 9.17) is 16.3 Å². The fraction of sp³-hybridized carbons (Fsp3) is 0.286. The number of nitrogens with one attached hydrogen (secondary N) is 2. The van der Waals surface area contributed by atoms with Gasteiger partial charge in [0, 0.05) is 27.9 Å². The molecule has 1 atom stereocenters. The van der Waals surface area contributed by atoms with Crippen molar-refractivity contribution < 1.29 is 14.3 Å². The van der Waals surface area contributed by atoms with Gasteiger partial charge in [0.2, 0.25) is 5.16 Å². The second-order valence-electron chi connectivity index (χ2n) is 7.13. The highest BCUT2D eigenvalue weighted by atomic mass is 35.5. The quantitative estimate of drug-likeness (QED) is 0.418. The van der Waals surface area contributed by atoms with Crippen LogP contribution in [0.5, 0.6) is 0 Å². The van der Waals surface area contributed by atoms with Gasteiger partial charge in [-0.3, -0.25) is 0 Å². The lowest BCUT2D eigenvalue weighted by molar-refractivity contribution is -0.139. The zero-order valence-corrected chi connectivity index (χ0v) is 19.3. The SMILES string of the molecule is CCOC(=O)C1=C(CSc2nc3nc(C)cc(C)n3n2)NC(=O)N[C@@H]1c1ccc(Cl)cc1. The number of carbonyl (C=O) groups is 2. The molecule has 0 radical (unpaired) electrons. The van der Waals surface area contributed by atoms with Crippen LogP contribution in [0.2, 0.25) is 5.02 Å². The Morgan fingerprint density at radius 2 is 2.00 bits per heavy atom. The molecule has 2 amide bonds. The van der Waals surface area contributed by atoms with E-state index in [1.54, 1.807) is 35.7 Å². The lowest BCUT2D eigenvalue weighted by atomic mass is 9.95. The first-order valence-electron chi connectivity index (χ1n) is 9.92. The normalized spacial score (nSPS) is 16.1. The minimum absolute atomic E-state index is 0.211. The smallest absolute Gasteiger partial charge is 0.338 e. The van der Waals surface area contributed by atoms with Gasteiger partial charge in [-0.2, -0.15) is 4.98 Å². The highest BCUT2D eigenvalue weighted by molar-refractivity contribution is 7.99. The van der Waals surface area contributed by atoms with Crippen molar-refractivity contribution in [3.8, 4) is 0 Å². The second kappa shape index (κ2) is 9.17. The van der Waals surface area contributed by atoms with E-state index in [1.807, 2.05) is 19.9 Å². The number of hydrogen-bond donors (Lipinski definition) is 2. The number of hydrogen-bond acceptors (Lipinski definition) is 7. The van der Waals surface area contributed by atoms with E-state index in [2.05, 4.69) is 25.7 Å². The summed E-state index contributed by atoms with van der Waals surface area (Å²) in [4.78, 5) is 34.1. The Morgan fingerprint density at radius 3 is 2.72 bits per heavy atom. The number of rotatable bonds is 6. The van der Waals surface area contributed by atoms with E-state index in [0.717, 1.165) is 17.0 Å². The van der Waals surface area contributed by atoms with Gasteiger partial charge < -0.3 is 15.4 Å². The Morgan fingerprint density at radius 1 is 1.25 bits per heavy atom. The van der Waals surface area contributed by atoms with Gasteiger partial charge in [-0.05, 0) is 44.5 Å². The first kappa shape index (κ1) is 22.1. The summed E-state index contributed by atoms with van der Waals surface area (Å²) < 4.78 is 6.94. The number of aromatic nitrogens is 4. The minimum atomic E-state index is -0.670. The van der Waals surface area contributed by atoms with Crippen LogP contribution in [-0.4, -0.2) is 43.9 Å². The van der Waals surface area contributed by atoms with E-state index < -0.39 is 18.0 Å². The van der Waals surface area contributed by atoms with Crippen LogP contribution < -0.4 is 10.6 Å². The van der Waals surface area contributed by atoms with Crippen LogP contribution in [0.4, 0.5) is 4.79 Å². The zero-order valence-electron chi connectivity index (χ0n) is 17.7. The standard InChI is InChI=1S/C21H21ClN6O3S/c1-4-31-18(29)16-15(24-20(30)25-17(16)13-5-7-14(22)8-6-13)10-32-21-26-19-23-11(2)9-12(3)28(19)27-21/h5-9,17H,4,10H2,1-3H3,(H2,24,25,30)/t17-/m1/s1. The molecule has 1 aliphatic rings. The van der Waals surface area contributed by atoms with Gasteiger partial charge in [0.15, 0.2) is 0 Å². The second-order valence-corrected chi connectivity index (χ2v) is 8.51. The molecule has 0 saturated heterocycles. The average Bonchev–Trinajstić information content (AvgIpc) is 3.15. The first-order valence-corrected chi connectivity index (χ1v) is 11.3. The number of benzene rings is 1. The molecule has 4 rings (SSSR count). The predicted octanol–water partition coefficient (Wildman–Crippen LogP) is 3.36. The Hall–Kier alpha value is -3.11. The maximum atomic E-state index is 12.8. The summed E-state index contributed by atoms with van der Waals surface area (Å²) in [6.07, 6.45) is 0. The lowest BCUT2D eigenvalue weighted by Gasteiger charge is -2.29. The molecule has 11 heteroatoms. The molecule has 0 aliphatic carbocycles. The monoisotopic (exact) mass is 472 g/mol. The number of carbonyl (C=O) groups excluding carboxylic acids is 2. The van der Waals surface area contributed by atoms with Crippen LogP contribution >= 0.6 is 23.4 Å². The summed E-state index contributed by atoms with van der Waals surface area (Å²) in [5.41, 5.74) is 3.25. The van der Waals surface area contributed by atoms with Crippen molar-refractivity contribution in [2.75, 3.05) is 12.4 Å². The van der Waals surface area contributed by atoms with Crippen molar-refractivity contribution in [3.63, 3.8) is 0 Å². The van der Waals surface area contributed by atoms with Gasteiger partial charge in [-0.1, -0.05) is 35.5 Å². The summed E-state index contributed by atoms with van der Waals surface area (Å²) in [7, 11) is 0. The van der Waals surface area contributed by atoms with Crippen LogP contribution in [0.3, 0.4) is 0 Å². The summed E-state index contributed by atoms with van der Waals surface area (Å²) in [6.45, 7) is 5.77. The summed E-state index contributed by atoms with van der Waals surface area (Å²) in [6, 6.07) is 7.79. The van der Waals surface area contributed by atoms with Gasteiger partial charge in [0.25, 0.3) is 5.78 Å². The molecule has 0 fully saturated rings. The predicted molar refractivity (Wildman–Crippen MR) is 120 cm³/mol. The van der Waals surface area contributed by atoms with Gasteiger partial charge in [0.1, 0.15) is 0 Å². The van der Waals surface area contributed by atoms with Crippen molar-refractivity contribution in [2.24, 2.45) is 0 Å². The van der Waals surface area contributed by atoms with Crippen LogP contribution in [0.1, 0.15) is 29.9 Å². The number of halogens is 1. The van der Waals surface area contributed by atoms with Crippen LogP contribution in [0.15, 0.2) is 46.8 Å². The van der Waals surface area contributed by atoms with Crippen molar-refractivity contribution in [3.05, 3.63) is 63.6 Å². The van der Waals surface area contributed by atoms with Crippen molar-refractivity contribution in [2.45, 2.75) is 32.0 Å². The fourth-order valence-electron chi connectivity index (χ4n) is 3.43. The third-order valence-corrected chi connectivity index (χ3v) is 5.91. The molecular formula is C21H21ClN6O3S. The first-order chi connectivity index (χ1) is 15.4. The Kier molecular flexibility index (Phi) is 6.33. The summed E-state index contributed by atoms with van der Waals surface area (Å²) in [5.74, 6) is 0.255. The lowest BCUT2D eigenvalue weighted by Crippen LogP contribution is -2.46. The fourth-order valence-corrected chi connectivity index (χ4v) is 4.35. The van der Waals surface area contributed by atoms with Gasteiger partial charge in [-0.25, -0.2) is 19.1 Å². The summed E-state index contributed by atoms with van der Waals surface area (Å²) in [5, 5.41) is 11.1. The molecule has 3 aromatic rings. The molecule has 32 heavy (non-hydrogen) atoms. The molecule has 0 bridgehead atoms. The third kappa shape index (κ3) is 4.56. The zero-order chi connectivity index (χ0) is 22.8. The minimum Gasteiger partial charge on any atom is -0.463 e. The topological polar surface area (TPSA) is 111 Å². The molecule has 3 heterocycles. The number of urea groups is 1. The van der Waals surface area contributed by atoms with E-state index in [1.165, 1.54) is 11.8 Å². The molecule has 0 saturated carbocycles. The molecule has 2 N–H and O–H groups in total. The van der Waals surface area contributed by atoms with E-state index >= 15 is 0 Å². The number of fused-ring (bicyclic) bond motifs is 1. The number of amides is 2. The average molecular weight is 473 g/mol. The van der Waals surface area contributed by atoms with E-state index in [-0.39, 0.29) is 12.4 Å². The number of aryl methyl sites for hydroxylation is 2. The molecule has 2 aromatic heterocycles. The maximum Gasteiger partial charge on any atom is 0.338 e. The van der Waals surface area contributed by atoms with Crippen molar-refractivity contribution >= 4 is 41.1 Å². The number of thioether (sulfide) groups is 1. The van der Waals surface area contributed by atoms with Gasteiger partial charge in [0.05, 0.1) is 18.2 Å². The molecule has 0 spiro atoms. The maximum absolute atomic E-state index is 12.8. The Balaban J connectivity index is 1.68. The molecule has 9 nitrogen and oxygen atoms in total. The van der Waals surface area contributed by atoms with E-state index in [9.17, 15) is 9.59 Å². The molecule has 1 aliphatic heterocycles. The highest BCUT2D eigenvalue weighted by Gasteiger charge is 2.33. The molecule has 0 unspecified atom stereocenters. The highest BCUT2D eigenvalue weighted by Crippen LogP contribution is 2.31. The largest absolute Gasteiger partial charge is 0.463 e. The Bertz CT molecular complexity index is 1220. The Labute approximate surface area is 193 Å². The number of nitrogens with zero attached hydrogens (tertiary/aromatic N) is 4. The van der Waals surface area contributed by atoms with Gasteiger partial charge in [-0.15, -0.1) is 5.10 Å².